The van der Waals surface area contributed by atoms with E-state index in [4.69, 9.17) is 0 Å². The van der Waals surface area contributed by atoms with Crippen LogP contribution >= 0.6 is 0 Å². The lowest BCUT2D eigenvalue weighted by molar-refractivity contribution is 0.726. The molecule has 1 aromatic rings. The van der Waals surface area contributed by atoms with Gasteiger partial charge in [0.05, 0.1) is 0 Å². The van der Waals surface area contributed by atoms with Crippen LogP contribution in [0.1, 0.15) is 51.0 Å². The largest absolute Gasteiger partial charge is 0.363 e. The summed E-state index contributed by atoms with van der Waals surface area (Å²) in [7, 11) is 4.02. The summed E-state index contributed by atoms with van der Waals surface area (Å²) >= 11 is 0. The molecule has 84 valence electrons. The number of aromatic nitrogens is 2. The van der Waals surface area contributed by atoms with E-state index in [2.05, 4.69) is 43.7 Å². The van der Waals surface area contributed by atoms with E-state index in [0.717, 1.165) is 17.3 Å². The van der Waals surface area contributed by atoms with Crippen LogP contribution in [0.25, 0.3) is 0 Å². The summed E-state index contributed by atoms with van der Waals surface area (Å²) < 4.78 is 0. The molecule has 0 aliphatic carbocycles. The minimum absolute atomic E-state index is 0.377. The zero-order chi connectivity index (χ0) is 11.6. The van der Waals surface area contributed by atoms with Crippen molar-refractivity contribution in [3.05, 3.63) is 17.6 Å². The zero-order valence-corrected chi connectivity index (χ0v) is 10.6. The van der Waals surface area contributed by atoms with Gasteiger partial charge in [-0.1, -0.05) is 27.7 Å². The summed E-state index contributed by atoms with van der Waals surface area (Å²) in [6, 6.07) is 2.07. The Morgan fingerprint density at radius 3 is 2.00 bits per heavy atom. The molecule has 0 aromatic carbocycles. The Hall–Kier alpha value is -1.12. The molecular formula is C12H21N3. The van der Waals surface area contributed by atoms with E-state index in [1.807, 2.05) is 19.0 Å². The molecule has 0 amide bonds. The van der Waals surface area contributed by atoms with E-state index in [9.17, 15) is 0 Å². The Balaban J connectivity index is 3.20. The first kappa shape index (κ1) is 12.0. The van der Waals surface area contributed by atoms with E-state index >= 15 is 0 Å². The van der Waals surface area contributed by atoms with Gasteiger partial charge in [0, 0.05) is 31.8 Å². The van der Waals surface area contributed by atoms with Crippen molar-refractivity contribution < 1.29 is 0 Å². The first-order valence-electron chi connectivity index (χ1n) is 5.48. The van der Waals surface area contributed by atoms with E-state index in [-0.39, 0.29) is 0 Å². The highest BCUT2D eigenvalue weighted by Crippen LogP contribution is 2.20. The maximum atomic E-state index is 4.58. The maximum absolute atomic E-state index is 4.58. The third kappa shape index (κ3) is 2.91. The monoisotopic (exact) mass is 207 g/mol. The molecule has 3 heteroatoms. The highest BCUT2D eigenvalue weighted by Gasteiger charge is 2.10. The fourth-order valence-electron chi connectivity index (χ4n) is 1.25. The second kappa shape index (κ2) is 4.60. The number of hydrogen-bond donors (Lipinski definition) is 0. The van der Waals surface area contributed by atoms with Gasteiger partial charge in [-0.3, -0.25) is 0 Å². The van der Waals surface area contributed by atoms with Crippen molar-refractivity contribution in [2.45, 2.75) is 39.5 Å². The second-order valence-electron chi connectivity index (χ2n) is 4.71. The molecule has 15 heavy (non-hydrogen) atoms. The highest BCUT2D eigenvalue weighted by atomic mass is 15.1. The summed E-state index contributed by atoms with van der Waals surface area (Å²) in [5.41, 5.74) is 1.12. The molecule has 0 aliphatic heterocycles. The van der Waals surface area contributed by atoms with E-state index in [1.165, 1.54) is 0 Å². The predicted octanol–water partition coefficient (Wildman–Crippen LogP) is 2.79. The number of nitrogens with zero attached hydrogens (tertiary/aromatic N) is 3. The van der Waals surface area contributed by atoms with Crippen molar-refractivity contribution in [2.24, 2.45) is 0 Å². The van der Waals surface area contributed by atoms with Gasteiger partial charge in [0.15, 0.2) is 0 Å². The molecule has 0 saturated carbocycles. The summed E-state index contributed by atoms with van der Waals surface area (Å²) in [5.74, 6) is 2.76. The van der Waals surface area contributed by atoms with Crippen molar-refractivity contribution in [2.75, 3.05) is 19.0 Å². The smallest absolute Gasteiger partial charge is 0.133 e. The van der Waals surface area contributed by atoms with Gasteiger partial charge in [-0.25, -0.2) is 9.97 Å². The lowest BCUT2D eigenvalue weighted by atomic mass is 10.1. The second-order valence-corrected chi connectivity index (χ2v) is 4.71. The van der Waals surface area contributed by atoms with Crippen LogP contribution in [-0.2, 0) is 0 Å². The molecule has 3 nitrogen and oxygen atoms in total. The van der Waals surface area contributed by atoms with Crippen molar-refractivity contribution in [3.8, 4) is 0 Å². The molecular weight excluding hydrogens is 186 g/mol. The third-order valence-electron chi connectivity index (χ3n) is 2.32. The zero-order valence-electron chi connectivity index (χ0n) is 10.6. The van der Waals surface area contributed by atoms with Gasteiger partial charge in [0.25, 0.3) is 0 Å². The minimum Gasteiger partial charge on any atom is -0.363 e. The van der Waals surface area contributed by atoms with Gasteiger partial charge in [-0.05, 0) is 5.92 Å². The standard InChI is InChI=1S/C12H21N3/c1-8(2)10-7-11(15(5)6)14-12(13-10)9(3)4/h7-9H,1-6H3. The summed E-state index contributed by atoms with van der Waals surface area (Å²) in [6.45, 7) is 8.56. The Morgan fingerprint density at radius 1 is 1.00 bits per heavy atom. The molecule has 0 saturated heterocycles. The Kier molecular flexibility index (Phi) is 3.66. The Bertz CT molecular complexity index is 265. The Labute approximate surface area is 92.6 Å². The first-order chi connectivity index (χ1) is 6.91. The molecule has 1 aromatic heterocycles. The molecule has 0 bridgehead atoms. The maximum Gasteiger partial charge on any atom is 0.133 e. The van der Waals surface area contributed by atoms with Crippen LogP contribution < -0.4 is 4.90 Å². The molecule has 0 radical (unpaired) electrons. The van der Waals surface area contributed by atoms with Crippen LogP contribution in [0.15, 0.2) is 6.07 Å². The van der Waals surface area contributed by atoms with Crippen LogP contribution in [0.5, 0.6) is 0 Å². The van der Waals surface area contributed by atoms with Crippen LogP contribution in [0.4, 0.5) is 5.82 Å². The van der Waals surface area contributed by atoms with Gasteiger partial charge < -0.3 is 4.90 Å². The Morgan fingerprint density at radius 2 is 1.60 bits per heavy atom. The summed E-state index contributed by atoms with van der Waals surface area (Å²) in [6.07, 6.45) is 0. The molecule has 0 unspecified atom stereocenters. The molecule has 1 heterocycles. The lowest BCUT2D eigenvalue weighted by Crippen LogP contribution is -2.14. The SMILES string of the molecule is CC(C)c1cc(N(C)C)nc(C(C)C)n1. The fraction of sp³-hybridized carbons (Fsp3) is 0.667. The van der Waals surface area contributed by atoms with Crippen molar-refractivity contribution in [3.63, 3.8) is 0 Å². The molecule has 0 aliphatic rings. The fourth-order valence-corrected chi connectivity index (χ4v) is 1.25. The number of rotatable bonds is 3. The third-order valence-corrected chi connectivity index (χ3v) is 2.32. The van der Waals surface area contributed by atoms with Crippen LogP contribution in [0.2, 0.25) is 0 Å². The van der Waals surface area contributed by atoms with Crippen LogP contribution in [0, 0.1) is 0 Å². The molecule has 0 atom stereocenters. The number of hydrogen-bond acceptors (Lipinski definition) is 3. The van der Waals surface area contributed by atoms with Gasteiger partial charge >= 0.3 is 0 Å². The average molecular weight is 207 g/mol. The van der Waals surface area contributed by atoms with Gasteiger partial charge in [-0.15, -0.1) is 0 Å². The number of anilines is 1. The lowest BCUT2D eigenvalue weighted by Gasteiger charge is -2.16. The molecule has 0 spiro atoms. The highest BCUT2D eigenvalue weighted by molar-refractivity contribution is 5.38. The average Bonchev–Trinajstić information content (AvgIpc) is 2.16. The normalized spacial score (nSPS) is 11.2. The van der Waals surface area contributed by atoms with E-state index in [0.29, 0.717) is 11.8 Å². The van der Waals surface area contributed by atoms with Crippen LogP contribution in [0.3, 0.4) is 0 Å². The summed E-state index contributed by atoms with van der Waals surface area (Å²) in [4.78, 5) is 11.1. The van der Waals surface area contributed by atoms with Crippen LogP contribution in [-0.4, -0.2) is 24.1 Å². The molecule has 0 N–H and O–H groups in total. The van der Waals surface area contributed by atoms with Crippen molar-refractivity contribution >= 4 is 5.82 Å². The molecule has 0 fully saturated rings. The van der Waals surface area contributed by atoms with Gasteiger partial charge in [0.1, 0.15) is 11.6 Å². The van der Waals surface area contributed by atoms with Gasteiger partial charge in [0.2, 0.25) is 0 Å². The minimum atomic E-state index is 0.377. The topological polar surface area (TPSA) is 29.0 Å². The first-order valence-corrected chi connectivity index (χ1v) is 5.48. The van der Waals surface area contributed by atoms with Crippen molar-refractivity contribution in [1.82, 2.24) is 9.97 Å². The predicted molar refractivity (Wildman–Crippen MR) is 64.5 cm³/mol. The van der Waals surface area contributed by atoms with Crippen molar-refractivity contribution in [1.29, 1.82) is 0 Å². The van der Waals surface area contributed by atoms with Gasteiger partial charge in [-0.2, -0.15) is 0 Å². The van der Waals surface area contributed by atoms with E-state index in [1.54, 1.807) is 0 Å². The summed E-state index contributed by atoms with van der Waals surface area (Å²) in [5, 5.41) is 0. The molecule has 1 rings (SSSR count). The quantitative estimate of drug-likeness (QED) is 0.763. The van der Waals surface area contributed by atoms with E-state index < -0.39 is 0 Å².